The van der Waals surface area contributed by atoms with E-state index < -0.39 is 11.9 Å². The molecule has 0 bridgehead atoms. The Morgan fingerprint density at radius 1 is 1.46 bits per heavy atom. The quantitative estimate of drug-likeness (QED) is 0.845. The molecule has 24 heavy (non-hydrogen) atoms. The van der Waals surface area contributed by atoms with Gasteiger partial charge in [-0.25, -0.2) is 4.98 Å². The molecule has 8 heteroatoms. The number of halogens is 3. The van der Waals surface area contributed by atoms with E-state index in [0.29, 0.717) is 31.9 Å². The van der Waals surface area contributed by atoms with E-state index in [-0.39, 0.29) is 23.8 Å². The molecule has 5 nitrogen and oxygen atoms in total. The largest absolute Gasteiger partial charge is 0.434 e. The Morgan fingerprint density at radius 2 is 2.21 bits per heavy atom. The molecule has 1 amide bonds. The summed E-state index contributed by atoms with van der Waals surface area (Å²) in [5.41, 5.74) is -0.834. The Balaban J connectivity index is 1.61. The maximum Gasteiger partial charge on any atom is 0.434 e. The average molecular weight is 345 g/mol. The number of nitrogens with zero attached hydrogens (tertiary/aromatic N) is 3. The van der Waals surface area contributed by atoms with Gasteiger partial charge < -0.3 is 14.2 Å². The first-order valence-corrected chi connectivity index (χ1v) is 8.25. The molecule has 0 spiro atoms. The smallest absolute Gasteiger partial charge is 0.378 e. The number of hydrogen-bond donors (Lipinski definition) is 0. The number of aromatic nitrogens is 2. The number of hydrogen-bond acceptors (Lipinski definition) is 3. The van der Waals surface area contributed by atoms with Gasteiger partial charge in [0.15, 0.2) is 5.69 Å². The van der Waals surface area contributed by atoms with Gasteiger partial charge >= 0.3 is 6.18 Å². The van der Waals surface area contributed by atoms with Crippen molar-refractivity contribution in [3.8, 4) is 0 Å². The van der Waals surface area contributed by atoms with Crippen LogP contribution in [0.4, 0.5) is 13.2 Å². The maximum absolute atomic E-state index is 12.8. The minimum absolute atomic E-state index is 0.0624. The lowest BCUT2D eigenvalue weighted by Gasteiger charge is -2.30. The number of imidazole rings is 1. The van der Waals surface area contributed by atoms with Crippen molar-refractivity contribution in [1.82, 2.24) is 14.5 Å². The van der Waals surface area contributed by atoms with Crippen LogP contribution in [0.15, 0.2) is 6.20 Å². The Kier molecular flexibility index (Phi) is 4.59. The number of carbonyl (C=O) groups excluding carboxylic acids is 1. The zero-order valence-corrected chi connectivity index (χ0v) is 13.8. The summed E-state index contributed by atoms with van der Waals surface area (Å²) in [5.74, 6) is 0.566. The zero-order chi connectivity index (χ0) is 17.5. The fraction of sp³-hybridized carbons (Fsp3) is 0.750. The molecule has 1 saturated heterocycles. The standard InChI is InChI=1S/C16H22F3N3O2/c1-10-12(5-6-24-10)15(23)21(2)7-11-3-4-14-20-13(16(17,18)19)9-22(14)8-11/h9-12H,3-8H2,1-2H3/t10-,11+,12+/m0/s1. The number of aryl methyl sites for hydroxylation is 1. The molecule has 3 rings (SSSR count). The first kappa shape index (κ1) is 17.3. The van der Waals surface area contributed by atoms with Gasteiger partial charge in [0.25, 0.3) is 0 Å². The number of alkyl halides is 3. The highest BCUT2D eigenvalue weighted by molar-refractivity contribution is 5.79. The van der Waals surface area contributed by atoms with Gasteiger partial charge in [0.05, 0.1) is 12.0 Å². The van der Waals surface area contributed by atoms with E-state index >= 15 is 0 Å². The van der Waals surface area contributed by atoms with Crippen LogP contribution in [0.2, 0.25) is 0 Å². The summed E-state index contributed by atoms with van der Waals surface area (Å²) in [6.45, 7) is 3.52. The summed E-state index contributed by atoms with van der Waals surface area (Å²) in [6, 6.07) is 0. The highest BCUT2D eigenvalue weighted by Gasteiger charge is 2.37. The van der Waals surface area contributed by atoms with Crippen molar-refractivity contribution in [3.05, 3.63) is 17.7 Å². The van der Waals surface area contributed by atoms with Gasteiger partial charge in [-0.15, -0.1) is 0 Å². The van der Waals surface area contributed by atoms with Gasteiger partial charge in [0, 0.05) is 39.4 Å². The molecule has 0 aromatic carbocycles. The Bertz CT molecular complexity index is 614. The van der Waals surface area contributed by atoms with E-state index in [1.54, 1.807) is 16.5 Å². The number of carbonyl (C=O) groups is 1. The lowest BCUT2D eigenvalue weighted by atomic mass is 9.97. The monoisotopic (exact) mass is 345 g/mol. The van der Waals surface area contributed by atoms with Gasteiger partial charge in [-0.2, -0.15) is 13.2 Å². The summed E-state index contributed by atoms with van der Waals surface area (Å²) in [5, 5.41) is 0. The fourth-order valence-electron chi connectivity index (χ4n) is 3.62. The van der Waals surface area contributed by atoms with Gasteiger partial charge in [0.1, 0.15) is 5.82 Å². The molecule has 3 atom stereocenters. The summed E-state index contributed by atoms with van der Waals surface area (Å²) in [7, 11) is 1.76. The van der Waals surface area contributed by atoms with Crippen LogP contribution in [0, 0.1) is 11.8 Å². The molecule has 2 aliphatic rings. The van der Waals surface area contributed by atoms with Crippen LogP contribution in [-0.2, 0) is 28.7 Å². The molecule has 2 aliphatic heterocycles. The second-order valence-electron chi connectivity index (χ2n) is 6.79. The second-order valence-corrected chi connectivity index (χ2v) is 6.79. The van der Waals surface area contributed by atoms with Crippen LogP contribution < -0.4 is 0 Å². The SMILES string of the molecule is C[C@@H]1OCC[C@H]1C(=O)N(C)C[C@H]1CCc2nc(C(F)(F)F)cn2C1. The minimum atomic E-state index is -4.41. The van der Waals surface area contributed by atoms with Crippen molar-refractivity contribution in [1.29, 1.82) is 0 Å². The van der Waals surface area contributed by atoms with Crippen LogP contribution in [0.5, 0.6) is 0 Å². The molecular weight excluding hydrogens is 323 g/mol. The van der Waals surface area contributed by atoms with Gasteiger partial charge in [0.2, 0.25) is 5.91 Å². The average Bonchev–Trinajstić information content (AvgIpc) is 3.11. The molecule has 0 N–H and O–H groups in total. The number of amides is 1. The molecule has 1 aromatic heterocycles. The Hall–Kier alpha value is -1.57. The van der Waals surface area contributed by atoms with E-state index in [9.17, 15) is 18.0 Å². The third kappa shape index (κ3) is 3.43. The van der Waals surface area contributed by atoms with Crippen molar-refractivity contribution in [2.45, 2.75) is 45.0 Å². The van der Waals surface area contributed by atoms with Crippen LogP contribution in [0.3, 0.4) is 0 Å². The third-order valence-electron chi connectivity index (χ3n) is 4.98. The summed E-state index contributed by atoms with van der Waals surface area (Å²) >= 11 is 0. The Morgan fingerprint density at radius 3 is 2.83 bits per heavy atom. The molecule has 1 aromatic rings. The van der Waals surface area contributed by atoms with E-state index in [4.69, 9.17) is 4.74 Å². The maximum atomic E-state index is 12.8. The molecule has 0 radical (unpaired) electrons. The number of fused-ring (bicyclic) bond motifs is 1. The highest BCUT2D eigenvalue weighted by Crippen LogP contribution is 2.31. The third-order valence-corrected chi connectivity index (χ3v) is 4.98. The summed E-state index contributed by atoms with van der Waals surface area (Å²) in [4.78, 5) is 17.9. The topological polar surface area (TPSA) is 47.4 Å². The molecular formula is C16H22F3N3O2. The lowest BCUT2D eigenvalue weighted by molar-refractivity contribution is -0.141. The minimum Gasteiger partial charge on any atom is -0.378 e. The van der Waals surface area contributed by atoms with E-state index in [1.807, 2.05) is 6.92 Å². The van der Waals surface area contributed by atoms with Crippen LogP contribution in [0.25, 0.3) is 0 Å². The second kappa shape index (κ2) is 6.38. The van der Waals surface area contributed by atoms with Crippen molar-refractivity contribution in [2.75, 3.05) is 20.2 Å². The Labute approximate surface area is 138 Å². The van der Waals surface area contributed by atoms with Gasteiger partial charge in [-0.05, 0) is 25.7 Å². The predicted octanol–water partition coefficient (Wildman–Crippen LogP) is 2.35. The van der Waals surface area contributed by atoms with Crippen molar-refractivity contribution in [2.24, 2.45) is 11.8 Å². The van der Waals surface area contributed by atoms with Gasteiger partial charge in [-0.3, -0.25) is 4.79 Å². The van der Waals surface area contributed by atoms with E-state index in [1.165, 1.54) is 0 Å². The molecule has 1 fully saturated rings. The van der Waals surface area contributed by atoms with Crippen LogP contribution >= 0.6 is 0 Å². The molecule has 134 valence electrons. The zero-order valence-electron chi connectivity index (χ0n) is 13.8. The van der Waals surface area contributed by atoms with Crippen molar-refractivity contribution in [3.63, 3.8) is 0 Å². The van der Waals surface area contributed by atoms with Crippen LogP contribution in [-0.4, -0.2) is 46.7 Å². The van der Waals surface area contributed by atoms with Crippen molar-refractivity contribution < 1.29 is 22.7 Å². The molecule has 3 heterocycles. The normalized spacial score (nSPS) is 27.1. The highest BCUT2D eigenvalue weighted by atomic mass is 19.4. The van der Waals surface area contributed by atoms with Crippen molar-refractivity contribution >= 4 is 5.91 Å². The first-order valence-electron chi connectivity index (χ1n) is 8.25. The summed E-state index contributed by atoms with van der Waals surface area (Å²) in [6.07, 6.45) is -1.42. The molecule has 0 unspecified atom stereocenters. The fourth-order valence-corrected chi connectivity index (χ4v) is 3.62. The lowest BCUT2D eigenvalue weighted by Crippen LogP contribution is -2.40. The first-order chi connectivity index (χ1) is 11.3. The predicted molar refractivity (Wildman–Crippen MR) is 80.2 cm³/mol. The van der Waals surface area contributed by atoms with Gasteiger partial charge in [-0.1, -0.05) is 0 Å². The number of rotatable bonds is 3. The number of ether oxygens (including phenoxy) is 1. The van der Waals surface area contributed by atoms with E-state index in [2.05, 4.69) is 4.98 Å². The van der Waals surface area contributed by atoms with E-state index in [0.717, 1.165) is 19.0 Å². The molecule has 0 saturated carbocycles. The summed E-state index contributed by atoms with van der Waals surface area (Å²) < 4.78 is 45.3. The molecule has 0 aliphatic carbocycles. The van der Waals surface area contributed by atoms with Crippen LogP contribution in [0.1, 0.15) is 31.3 Å².